The Morgan fingerprint density at radius 2 is 1.22 bits per heavy atom. The van der Waals surface area contributed by atoms with Crippen molar-refractivity contribution in [2.24, 2.45) is 0 Å². The van der Waals surface area contributed by atoms with Crippen molar-refractivity contribution in [1.82, 2.24) is 39.9 Å². The molecule has 6 rings (SSSR count). The van der Waals surface area contributed by atoms with E-state index in [1.165, 1.54) is 55.4 Å². The van der Waals surface area contributed by atoms with Gasteiger partial charge in [0.15, 0.2) is 0 Å². The second-order valence-electron chi connectivity index (χ2n) is 11.0. The van der Waals surface area contributed by atoms with Crippen LogP contribution in [-0.2, 0) is 25.9 Å². The molecule has 0 bridgehead atoms. The number of anilines is 5. The van der Waals surface area contributed by atoms with Crippen LogP contribution >= 0.6 is 0 Å². The van der Waals surface area contributed by atoms with Crippen LogP contribution in [0, 0.1) is 20.8 Å². The van der Waals surface area contributed by atoms with Gasteiger partial charge in [0.1, 0.15) is 5.82 Å². The maximum absolute atomic E-state index is 5.63. The summed E-state index contributed by atoms with van der Waals surface area (Å²) in [6.07, 6.45) is 2.03. The Hall–Kier alpha value is -5.46. The van der Waals surface area contributed by atoms with Crippen LogP contribution in [0.3, 0.4) is 0 Å². The lowest BCUT2D eigenvalue weighted by molar-refractivity contribution is 0.964. The number of hydrogen-bond acceptors (Lipinski definition) is 11. The third-order valence-corrected chi connectivity index (χ3v) is 7.87. The number of aromatic amines is 2. The summed E-state index contributed by atoms with van der Waals surface area (Å²) >= 11 is 0. The number of benzene rings is 2. The van der Waals surface area contributed by atoms with E-state index in [0.717, 1.165) is 12.8 Å². The monoisotopic (exact) mass is 621 g/mol. The first kappa shape index (κ1) is 31.9. The molecule has 6 aromatic rings. The fourth-order valence-corrected chi connectivity index (χ4v) is 5.51. The first-order valence-corrected chi connectivity index (χ1v) is 15.5. The van der Waals surface area contributed by atoms with Gasteiger partial charge in [0.2, 0.25) is 29.7 Å². The molecular formula is C33H43N13. The van der Waals surface area contributed by atoms with E-state index < -0.39 is 0 Å². The minimum absolute atomic E-state index is 0.236. The zero-order chi connectivity index (χ0) is 32.8. The third-order valence-electron chi connectivity index (χ3n) is 7.87. The summed E-state index contributed by atoms with van der Waals surface area (Å²) in [5.41, 5.74) is 15.6. The van der Waals surface area contributed by atoms with Crippen molar-refractivity contribution in [3.63, 3.8) is 0 Å². The van der Waals surface area contributed by atoms with Gasteiger partial charge in [0.25, 0.3) is 0 Å². The van der Waals surface area contributed by atoms with Crippen molar-refractivity contribution in [2.45, 2.75) is 60.5 Å². The van der Waals surface area contributed by atoms with Crippen molar-refractivity contribution in [3.05, 3.63) is 75.9 Å². The van der Waals surface area contributed by atoms with Crippen LogP contribution in [0.15, 0.2) is 36.4 Å². The van der Waals surface area contributed by atoms with Gasteiger partial charge in [0, 0.05) is 60.4 Å². The van der Waals surface area contributed by atoms with E-state index in [1.54, 1.807) is 21.0 Å². The Labute approximate surface area is 268 Å². The average molecular weight is 622 g/mol. The summed E-state index contributed by atoms with van der Waals surface area (Å²) in [6, 6.07) is 12.9. The molecular weight excluding hydrogens is 578 g/mol. The summed E-state index contributed by atoms with van der Waals surface area (Å²) in [5, 5.41) is 14.9. The fourth-order valence-electron chi connectivity index (χ4n) is 5.51. The molecule has 0 aliphatic heterocycles. The number of nitrogens with zero attached hydrogens (tertiary/aromatic N) is 6. The Balaban J connectivity index is 0.000000182. The largest absolute Gasteiger partial charge is 0.368 e. The Kier molecular flexibility index (Phi) is 9.79. The van der Waals surface area contributed by atoms with Crippen molar-refractivity contribution in [2.75, 3.05) is 41.1 Å². The molecule has 0 unspecified atom stereocenters. The van der Waals surface area contributed by atoms with Gasteiger partial charge in [0.05, 0.1) is 0 Å². The van der Waals surface area contributed by atoms with Gasteiger partial charge in [-0.2, -0.15) is 29.9 Å². The minimum atomic E-state index is 0.236. The van der Waals surface area contributed by atoms with Gasteiger partial charge in [-0.3, -0.25) is 0 Å². The highest BCUT2D eigenvalue weighted by atomic mass is 15.3. The maximum atomic E-state index is 5.63. The van der Waals surface area contributed by atoms with E-state index in [1.807, 2.05) is 0 Å². The molecule has 46 heavy (non-hydrogen) atoms. The quantitative estimate of drug-likeness (QED) is 0.100. The molecule has 0 aliphatic rings. The van der Waals surface area contributed by atoms with Crippen LogP contribution in [0.2, 0.25) is 0 Å². The molecule has 0 radical (unpaired) electrons. The number of H-pyrrole nitrogens is 2. The van der Waals surface area contributed by atoms with Crippen LogP contribution < -0.4 is 27.0 Å². The topological polar surface area (TPSA) is 183 Å². The number of aryl methyl sites for hydroxylation is 5. The molecule has 0 amide bonds. The van der Waals surface area contributed by atoms with E-state index in [0.29, 0.717) is 42.7 Å². The highest BCUT2D eigenvalue weighted by Crippen LogP contribution is 2.25. The van der Waals surface area contributed by atoms with Gasteiger partial charge >= 0.3 is 0 Å². The smallest absolute Gasteiger partial charge is 0.229 e. The number of nitrogens with two attached hydrogens (primary N) is 1. The Bertz CT molecular complexity index is 1910. The molecule has 13 nitrogen and oxygen atoms in total. The highest BCUT2D eigenvalue weighted by molar-refractivity contribution is 5.86. The highest BCUT2D eigenvalue weighted by Gasteiger charge is 2.10. The molecule has 0 saturated heterocycles. The van der Waals surface area contributed by atoms with Crippen LogP contribution in [0.1, 0.15) is 53.3 Å². The normalized spacial score (nSPS) is 10.9. The molecule has 240 valence electrons. The van der Waals surface area contributed by atoms with Crippen molar-refractivity contribution in [1.29, 1.82) is 0 Å². The van der Waals surface area contributed by atoms with Gasteiger partial charge in [-0.25, -0.2) is 0 Å². The molecule has 2 aromatic carbocycles. The number of nitrogens with one attached hydrogen (secondary N) is 6. The number of nitrogen functional groups attached to an aromatic ring is 1. The molecule has 8 N–H and O–H groups in total. The lowest BCUT2D eigenvalue weighted by atomic mass is 10.1. The maximum Gasteiger partial charge on any atom is 0.229 e. The number of rotatable bonds is 10. The average Bonchev–Trinajstić information content (AvgIpc) is 3.56. The predicted molar refractivity (Wildman–Crippen MR) is 187 cm³/mol. The summed E-state index contributed by atoms with van der Waals surface area (Å²) < 4.78 is 0. The van der Waals surface area contributed by atoms with Crippen LogP contribution in [0.25, 0.3) is 21.8 Å². The molecule has 4 heterocycles. The van der Waals surface area contributed by atoms with E-state index in [4.69, 9.17) is 5.73 Å². The Morgan fingerprint density at radius 3 is 1.78 bits per heavy atom. The van der Waals surface area contributed by atoms with E-state index >= 15 is 0 Å². The molecule has 0 fully saturated rings. The SMILES string of the molecule is CCc1[nH]c2ccc(CNc3nc(C)nc(N)n3)cc2c1C.CCc1c(C)[nH]c2ccc(CNc3nc(NC)nc(NC)n3)cc12. The zero-order valence-corrected chi connectivity index (χ0v) is 27.6. The van der Waals surface area contributed by atoms with Crippen LogP contribution in [-0.4, -0.2) is 54.0 Å². The first-order chi connectivity index (χ1) is 22.2. The molecule has 0 saturated carbocycles. The van der Waals surface area contributed by atoms with E-state index in [2.05, 4.69) is 125 Å². The molecule has 13 heteroatoms. The van der Waals surface area contributed by atoms with Crippen molar-refractivity contribution >= 4 is 51.5 Å². The molecule has 0 aliphatic carbocycles. The Morgan fingerprint density at radius 1 is 0.652 bits per heavy atom. The number of fused-ring (bicyclic) bond motifs is 2. The lowest BCUT2D eigenvalue weighted by Crippen LogP contribution is -2.09. The predicted octanol–water partition coefficient (Wildman–Crippen LogP) is 5.65. The first-order valence-electron chi connectivity index (χ1n) is 15.5. The second kappa shape index (κ2) is 14.1. The summed E-state index contributed by atoms with van der Waals surface area (Å²) in [6.45, 7) is 11.7. The number of aromatic nitrogens is 8. The van der Waals surface area contributed by atoms with Gasteiger partial charge in [-0.05, 0) is 80.1 Å². The van der Waals surface area contributed by atoms with E-state index in [9.17, 15) is 0 Å². The van der Waals surface area contributed by atoms with Crippen molar-refractivity contribution in [3.8, 4) is 0 Å². The molecule has 4 aromatic heterocycles. The number of hydrogen-bond donors (Lipinski definition) is 7. The van der Waals surface area contributed by atoms with Crippen LogP contribution in [0.4, 0.5) is 29.7 Å². The van der Waals surface area contributed by atoms with Gasteiger partial charge in [-0.15, -0.1) is 0 Å². The summed E-state index contributed by atoms with van der Waals surface area (Å²) in [4.78, 5) is 32.0. The third kappa shape index (κ3) is 7.25. The minimum Gasteiger partial charge on any atom is -0.368 e. The zero-order valence-electron chi connectivity index (χ0n) is 27.6. The fraction of sp³-hybridized carbons (Fsp3) is 0.333. The van der Waals surface area contributed by atoms with E-state index in [-0.39, 0.29) is 5.95 Å². The van der Waals surface area contributed by atoms with Gasteiger partial charge < -0.3 is 37.0 Å². The van der Waals surface area contributed by atoms with Gasteiger partial charge in [-0.1, -0.05) is 26.0 Å². The molecule has 0 atom stereocenters. The lowest BCUT2D eigenvalue weighted by Gasteiger charge is -2.08. The standard InChI is InChI=1S/C17H23N7.C16H20N6/c1-5-12-10(2)21-14-7-6-11(8-13(12)14)9-20-17-23-15(18-3)22-16(19-4)24-17;1-4-13-9(2)12-7-11(5-6-14(12)21-13)8-18-16-20-10(3)19-15(17)22-16/h6-8,21H,5,9H2,1-4H3,(H3,18,19,20,22,23,24);5-7,21H,4,8H2,1-3H3,(H3,17,18,19,20,22). The second-order valence-corrected chi connectivity index (χ2v) is 11.0. The molecule has 0 spiro atoms. The van der Waals surface area contributed by atoms with Crippen molar-refractivity contribution < 1.29 is 0 Å². The summed E-state index contributed by atoms with van der Waals surface area (Å²) in [7, 11) is 3.57. The van der Waals surface area contributed by atoms with Crippen LogP contribution in [0.5, 0.6) is 0 Å². The summed E-state index contributed by atoms with van der Waals surface area (Å²) in [5.74, 6) is 2.95.